The van der Waals surface area contributed by atoms with Crippen LogP contribution in [-0.2, 0) is 14.2 Å². The van der Waals surface area contributed by atoms with Gasteiger partial charge in [-0.15, -0.1) is 0 Å². The van der Waals surface area contributed by atoms with Crippen LogP contribution in [-0.4, -0.2) is 61.8 Å². The van der Waals surface area contributed by atoms with Crippen LogP contribution in [0.5, 0.6) is 0 Å². The van der Waals surface area contributed by atoms with Gasteiger partial charge in [-0.3, -0.25) is 9.89 Å². The highest BCUT2D eigenvalue weighted by atomic mass is 32.1. The van der Waals surface area contributed by atoms with Crippen molar-refractivity contribution in [3.63, 3.8) is 0 Å². The van der Waals surface area contributed by atoms with E-state index < -0.39 is 12.4 Å². The van der Waals surface area contributed by atoms with Gasteiger partial charge < -0.3 is 14.2 Å². The molecule has 0 aromatic carbocycles. The minimum Gasteiger partial charge on any atom is -0.476 e. The molecule has 0 spiro atoms. The predicted octanol–water partition coefficient (Wildman–Crippen LogP) is 8.99. The zero-order valence-electron chi connectivity index (χ0n) is 26.0. The number of rotatable bonds is 22. The van der Waals surface area contributed by atoms with Crippen molar-refractivity contribution in [2.45, 2.75) is 130 Å². The summed E-state index contributed by atoms with van der Waals surface area (Å²) in [5.41, 5.74) is 1.78. The van der Waals surface area contributed by atoms with Crippen molar-refractivity contribution in [3.8, 4) is 0 Å². The van der Waals surface area contributed by atoms with Crippen LogP contribution in [0.15, 0.2) is 28.2 Å². The van der Waals surface area contributed by atoms with Crippen molar-refractivity contribution in [1.29, 1.82) is 5.41 Å². The second kappa shape index (κ2) is 21.9. The maximum absolute atomic E-state index is 12.6. The smallest absolute Gasteiger partial charge is 0.476 e. The second-order valence-corrected chi connectivity index (χ2v) is 11.7. The highest BCUT2D eigenvalue weighted by Gasteiger charge is 2.40. The van der Waals surface area contributed by atoms with Crippen LogP contribution in [0, 0.1) is 5.41 Å². The predicted molar refractivity (Wildman–Crippen MR) is 170 cm³/mol. The quantitative estimate of drug-likeness (QED) is 0.0255. The third-order valence-corrected chi connectivity index (χ3v) is 7.77. The fourth-order valence-corrected chi connectivity index (χ4v) is 5.40. The molecule has 0 aliphatic carbocycles. The molecule has 8 heteroatoms. The zero-order valence-corrected chi connectivity index (χ0v) is 26.9. The number of hydrogen-bond acceptors (Lipinski definition) is 7. The van der Waals surface area contributed by atoms with Gasteiger partial charge in [0.1, 0.15) is 12.3 Å². The Balaban J connectivity index is 2.46. The van der Waals surface area contributed by atoms with Gasteiger partial charge in [0, 0.05) is 17.6 Å². The molecule has 2 atom stereocenters. The summed E-state index contributed by atoms with van der Waals surface area (Å²) in [5.74, 6) is 0.235. The first-order valence-electron chi connectivity index (χ1n) is 15.7. The van der Waals surface area contributed by atoms with Gasteiger partial charge in [0.2, 0.25) is 5.90 Å². The number of likely N-dealkylation sites (N-methyl/N-ethyl adjacent to an activating group) is 1. The van der Waals surface area contributed by atoms with E-state index in [1.54, 1.807) is 0 Å². The first-order valence-corrected chi connectivity index (χ1v) is 16.1. The third kappa shape index (κ3) is 14.7. The average molecular weight is 581 g/mol. The molecule has 0 saturated carbocycles. The van der Waals surface area contributed by atoms with E-state index in [-0.39, 0.29) is 11.6 Å². The average Bonchev–Trinajstić information content (AvgIpc) is 2.93. The van der Waals surface area contributed by atoms with Crippen LogP contribution in [0.2, 0.25) is 0 Å². The molecule has 0 aromatic heterocycles. The summed E-state index contributed by atoms with van der Waals surface area (Å²) in [6, 6.07) is 0. The first-order chi connectivity index (χ1) is 19.3. The SMILES string of the molecule is C=C(C)C(OC(=O)OCCCCCCCCCCCCC)[N+]1(C)CCC=C(C(=N)/C(=N\S)OCCCCCC)C1. The highest BCUT2D eigenvalue weighted by Crippen LogP contribution is 2.26. The number of ether oxygens (including phenoxy) is 3. The van der Waals surface area contributed by atoms with Crippen LogP contribution in [0.3, 0.4) is 0 Å². The molecular weight excluding hydrogens is 522 g/mol. The third-order valence-electron chi connectivity index (χ3n) is 7.59. The molecule has 0 fully saturated rings. The van der Waals surface area contributed by atoms with Crippen LogP contribution in [0.4, 0.5) is 4.79 Å². The van der Waals surface area contributed by atoms with Gasteiger partial charge in [0.25, 0.3) is 6.23 Å². The van der Waals surface area contributed by atoms with E-state index in [4.69, 9.17) is 19.6 Å². The van der Waals surface area contributed by atoms with E-state index in [1.165, 1.54) is 64.2 Å². The van der Waals surface area contributed by atoms with Crippen molar-refractivity contribution in [1.82, 2.24) is 0 Å². The number of carbonyl (C=O) groups is 1. The molecule has 230 valence electrons. The summed E-state index contributed by atoms with van der Waals surface area (Å²) in [6.07, 6.45) is 19.6. The van der Waals surface area contributed by atoms with Gasteiger partial charge in [-0.1, -0.05) is 110 Å². The molecule has 1 N–H and O–H groups in total. The normalized spacial score (nSPS) is 18.1. The van der Waals surface area contributed by atoms with Crippen molar-refractivity contribution in [3.05, 3.63) is 23.8 Å². The van der Waals surface area contributed by atoms with Gasteiger partial charge in [0.15, 0.2) is 0 Å². The molecule has 0 bridgehead atoms. The number of nitrogens with one attached hydrogen (secondary N) is 1. The second-order valence-electron chi connectivity index (χ2n) is 11.5. The Morgan fingerprint density at radius 2 is 1.45 bits per heavy atom. The number of nitrogens with zero attached hydrogens (tertiary/aromatic N) is 2. The summed E-state index contributed by atoms with van der Waals surface area (Å²) in [4.78, 5) is 12.6. The van der Waals surface area contributed by atoms with E-state index in [0.717, 1.165) is 56.2 Å². The van der Waals surface area contributed by atoms with E-state index in [9.17, 15) is 4.79 Å². The Bertz CT molecular complexity index is 814. The Morgan fingerprint density at radius 1 is 0.950 bits per heavy atom. The molecule has 0 saturated heterocycles. The van der Waals surface area contributed by atoms with Gasteiger partial charge in [-0.2, -0.15) is 4.40 Å². The molecule has 1 aliphatic heterocycles. The summed E-state index contributed by atoms with van der Waals surface area (Å²) >= 11 is 4.05. The van der Waals surface area contributed by atoms with Crippen molar-refractivity contribution in [2.24, 2.45) is 4.40 Å². The van der Waals surface area contributed by atoms with Crippen LogP contribution in [0.1, 0.15) is 124 Å². The molecular formula is C32H58N3O4S+. The molecule has 1 aliphatic rings. The lowest BCUT2D eigenvalue weighted by molar-refractivity contribution is -0.943. The van der Waals surface area contributed by atoms with Crippen LogP contribution < -0.4 is 0 Å². The van der Waals surface area contributed by atoms with E-state index in [2.05, 4.69) is 37.6 Å². The number of thiol groups is 1. The molecule has 7 nitrogen and oxygen atoms in total. The Hall–Kier alpha value is -1.80. The summed E-state index contributed by atoms with van der Waals surface area (Å²) in [7, 11) is 2.03. The standard InChI is InChI=1S/C32H57N3O4S/c1-6-8-10-12-13-14-15-16-17-18-20-25-38-32(36)39-31(27(3)4)35(5)23-21-22-28(26-35)29(33)30(34-40)37-24-19-11-9-7-2/h22,31H,3,6-21,23-26H2,1-2,4-5H3,(H-,33,40)/p+1. The van der Waals surface area contributed by atoms with Crippen molar-refractivity contribution in [2.75, 3.05) is 33.4 Å². The molecule has 1 rings (SSSR count). The van der Waals surface area contributed by atoms with Crippen LogP contribution >= 0.6 is 12.8 Å². The number of hydrogen-bond donors (Lipinski definition) is 2. The van der Waals surface area contributed by atoms with Gasteiger partial charge in [0.05, 0.1) is 26.8 Å². The first kappa shape index (κ1) is 36.2. The summed E-state index contributed by atoms with van der Waals surface area (Å²) in [6.45, 7) is 12.5. The zero-order chi connectivity index (χ0) is 29.6. The summed E-state index contributed by atoms with van der Waals surface area (Å²) in [5, 5.41) is 8.70. The number of unbranched alkanes of at least 4 members (excludes halogenated alkanes) is 13. The fourth-order valence-electron chi connectivity index (χ4n) is 5.24. The lowest BCUT2D eigenvalue weighted by Crippen LogP contribution is -2.58. The lowest BCUT2D eigenvalue weighted by Gasteiger charge is -2.42. The Kier molecular flexibility index (Phi) is 19.8. The minimum atomic E-state index is -0.654. The maximum Gasteiger partial charge on any atom is 0.513 e. The Labute approximate surface area is 250 Å². The van der Waals surface area contributed by atoms with Gasteiger partial charge in [-0.25, -0.2) is 4.79 Å². The van der Waals surface area contributed by atoms with Gasteiger partial charge in [-0.05, 0) is 32.6 Å². The summed E-state index contributed by atoms with van der Waals surface area (Å²) < 4.78 is 21.3. The maximum atomic E-state index is 12.6. The molecule has 40 heavy (non-hydrogen) atoms. The number of quaternary nitrogens is 1. The highest BCUT2D eigenvalue weighted by molar-refractivity contribution is 7.79. The Morgan fingerprint density at radius 3 is 1.98 bits per heavy atom. The molecule has 2 unspecified atom stereocenters. The largest absolute Gasteiger partial charge is 0.513 e. The number of carbonyl (C=O) groups excluding carboxylic acids is 1. The topological polar surface area (TPSA) is 81.0 Å². The molecule has 0 radical (unpaired) electrons. The lowest BCUT2D eigenvalue weighted by atomic mass is 10.0. The van der Waals surface area contributed by atoms with E-state index in [0.29, 0.717) is 24.2 Å². The molecule has 0 aromatic rings. The van der Waals surface area contributed by atoms with Crippen molar-refractivity contribution >= 4 is 30.6 Å². The van der Waals surface area contributed by atoms with Gasteiger partial charge >= 0.3 is 6.16 Å². The molecule has 0 amide bonds. The van der Waals surface area contributed by atoms with Crippen LogP contribution in [0.25, 0.3) is 0 Å². The van der Waals surface area contributed by atoms with E-state index in [1.807, 2.05) is 20.0 Å². The van der Waals surface area contributed by atoms with E-state index >= 15 is 0 Å². The monoisotopic (exact) mass is 580 g/mol. The molecule has 1 heterocycles. The fraction of sp³-hybridized carbons (Fsp3) is 0.781. The van der Waals surface area contributed by atoms with Crippen molar-refractivity contribution < 1.29 is 23.5 Å². The minimum absolute atomic E-state index is 0.231.